The number of benzene rings is 1. The number of nitrogens with one attached hydrogen (secondary N) is 1. The maximum absolute atomic E-state index is 12.7. The van der Waals surface area contributed by atoms with Crippen molar-refractivity contribution < 1.29 is 19.0 Å². The number of methoxy groups -OCH3 is 2. The second-order valence-corrected chi connectivity index (χ2v) is 6.13. The lowest BCUT2D eigenvalue weighted by Crippen LogP contribution is -2.29. The van der Waals surface area contributed by atoms with Crippen molar-refractivity contribution in [2.24, 2.45) is 0 Å². The van der Waals surface area contributed by atoms with E-state index in [0.29, 0.717) is 39.3 Å². The summed E-state index contributed by atoms with van der Waals surface area (Å²) < 4.78 is 17.5. The number of anilines is 1. The van der Waals surface area contributed by atoms with Gasteiger partial charge in [0.15, 0.2) is 11.5 Å². The Balaban J connectivity index is 2.17. The highest BCUT2D eigenvalue weighted by Gasteiger charge is 2.35. The van der Waals surface area contributed by atoms with Crippen molar-refractivity contribution in [1.29, 1.82) is 0 Å². The Labute approximate surface area is 161 Å². The van der Waals surface area contributed by atoms with E-state index >= 15 is 0 Å². The third-order valence-corrected chi connectivity index (χ3v) is 4.40. The van der Waals surface area contributed by atoms with Crippen LogP contribution in [0.5, 0.6) is 11.5 Å². The molecular weight excluding hydrogens is 372 g/mol. The average molecular weight is 391 g/mol. The number of fused-ring (bicyclic) bond motifs is 1. The van der Waals surface area contributed by atoms with Gasteiger partial charge in [0, 0.05) is 5.70 Å². The first kappa shape index (κ1) is 18.8. The molecular formula is C18H19ClN4O4. The fourth-order valence-corrected chi connectivity index (χ4v) is 3.27. The van der Waals surface area contributed by atoms with Crippen LogP contribution in [0.15, 0.2) is 42.4 Å². The van der Waals surface area contributed by atoms with Crippen LogP contribution in [0, 0.1) is 0 Å². The van der Waals surface area contributed by atoms with E-state index in [1.165, 1.54) is 26.6 Å². The predicted molar refractivity (Wildman–Crippen MR) is 100 cm³/mol. The zero-order valence-electron chi connectivity index (χ0n) is 15.2. The molecule has 8 nitrogen and oxygen atoms in total. The Kier molecular flexibility index (Phi) is 5.36. The number of halogens is 1. The van der Waals surface area contributed by atoms with E-state index in [2.05, 4.69) is 22.0 Å². The van der Waals surface area contributed by atoms with Gasteiger partial charge in [-0.25, -0.2) is 9.48 Å². The van der Waals surface area contributed by atoms with Crippen LogP contribution in [-0.2, 0) is 9.53 Å². The average Bonchev–Trinajstić information content (AvgIpc) is 3.12. The Morgan fingerprint density at radius 2 is 2.19 bits per heavy atom. The number of aromatic nitrogens is 3. The van der Waals surface area contributed by atoms with Gasteiger partial charge < -0.3 is 19.5 Å². The van der Waals surface area contributed by atoms with Gasteiger partial charge in [0.05, 0.1) is 24.8 Å². The molecule has 9 heteroatoms. The molecule has 0 radical (unpaired) electrons. The van der Waals surface area contributed by atoms with Crippen molar-refractivity contribution in [2.45, 2.75) is 13.0 Å². The summed E-state index contributed by atoms with van der Waals surface area (Å²) in [6.45, 7) is 5.44. The lowest BCUT2D eigenvalue weighted by atomic mass is 9.95. The number of rotatable bonds is 6. The van der Waals surface area contributed by atoms with Crippen molar-refractivity contribution in [1.82, 2.24) is 14.8 Å². The molecule has 3 rings (SSSR count). The molecule has 0 saturated carbocycles. The van der Waals surface area contributed by atoms with Gasteiger partial charge in [-0.3, -0.25) is 0 Å². The normalized spacial score (nSPS) is 15.6. The molecule has 2 aromatic rings. The molecule has 0 fully saturated rings. The molecule has 1 aromatic heterocycles. The minimum Gasteiger partial charge on any atom is -0.493 e. The third-order valence-electron chi connectivity index (χ3n) is 4.12. The smallest absolute Gasteiger partial charge is 0.338 e. The van der Waals surface area contributed by atoms with Crippen molar-refractivity contribution in [3.05, 3.63) is 53.0 Å². The molecule has 1 aliphatic rings. The summed E-state index contributed by atoms with van der Waals surface area (Å²) >= 11 is 6.37. The number of carbonyl (C=O) groups is 1. The Hall–Kier alpha value is -3.00. The number of ether oxygens (including phenoxy) is 3. The predicted octanol–water partition coefficient (Wildman–Crippen LogP) is 2.97. The SMILES string of the molecule is C=CCOC(=O)C1=C(C)Nc2ncnn2C1c1cc(Cl)c(OC)c(OC)c1. The van der Waals surface area contributed by atoms with Gasteiger partial charge in [-0.2, -0.15) is 10.1 Å². The zero-order chi connectivity index (χ0) is 19.6. The molecule has 142 valence electrons. The van der Waals surface area contributed by atoms with Gasteiger partial charge in [0.25, 0.3) is 0 Å². The highest BCUT2D eigenvalue weighted by atomic mass is 35.5. The fraction of sp³-hybridized carbons (Fsp3) is 0.278. The number of nitrogens with zero attached hydrogens (tertiary/aromatic N) is 3. The van der Waals surface area contributed by atoms with E-state index in [4.69, 9.17) is 25.8 Å². The van der Waals surface area contributed by atoms with Gasteiger partial charge in [-0.1, -0.05) is 24.3 Å². The minimum absolute atomic E-state index is 0.0965. The molecule has 0 amide bonds. The van der Waals surface area contributed by atoms with Gasteiger partial charge in [0.1, 0.15) is 19.0 Å². The van der Waals surface area contributed by atoms with Crippen LogP contribution < -0.4 is 14.8 Å². The first-order chi connectivity index (χ1) is 13.0. The van der Waals surface area contributed by atoms with Gasteiger partial charge in [-0.15, -0.1) is 0 Å². The molecule has 0 spiro atoms. The van der Waals surface area contributed by atoms with Gasteiger partial charge in [0.2, 0.25) is 5.95 Å². The summed E-state index contributed by atoms with van der Waals surface area (Å²) in [4.78, 5) is 16.9. The second kappa shape index (κ2) is 7.71. The first-order valence-electron chi connectivity index (χ1n) is 8.08. The number of hydrogen-bond acceptors (Lipinski definition) is 7. The largest absolute Gasteiger partial charge is 0.493 e. The van der Waals surface area contributed by atoms with E-state index in [1.54, 1.807) is 23.7 Å². The van der Waals surface area contributed by atoms with Crippen LogP contribution >= 0.6 is 11.6 Å². The van der Waals surface area contributed by atoms with Crippen molar-refractivity contribution in [3.63, 3.8) is 0 Å². The van der Waals surface area contributed by atoms with Crippen LogP contribution in [0.2, 0.25) is 5.02 Å². The minimum atomic E-state index is -0.599. The topological polar surface area (TPSA) is 87.5 Å². The molecule has 0 saturated heterocycles. The molecule has 0 bridgehead atoms. The number of esters is 1. The summed E-state index contributed by atoms with van der Waals surface area (Å²) in [6, 6.07) is 2.86. The maximum Gasteiger partial charge on any atom is 0.338 e. The van der Waals surface area contributed by atoms with Crippen LogP contribution in [0.1, 0.15) is 18.5 Å². The molecule has 0 aliphatic carbocycles. The van der Waals surface area contributed by atoms with Crippen LogP contribution in [0.3, 0.4) is 0 Å². The highest BCUT2D eigenvalue weighted by molar-refractivity contribution is 6.32. The van der Waals surface area contributed by atoms with Crippen molar-refractivity contribution in [3.8, 4) is 11.5 Å². The molecule has 1 aliphatic heterocycles. The summed E-state index contributed by atoms with van der Waals surface area (Å²) in [5, 5.41) is 7.67. The van der Waals surface area contributed by atoms with Gasteiger partial charge in [-0.05, 0) is 24.6 Å². The first-order valence-corrected chi connectivity index (χ1v) is 8.46. The fourth-order valence-electron chi connectivity index (χ4n) is 2.97. The lowest BCUT2D eigenvalue weighted by Gasteiger charge is -2.28. The van der Waals surface area contributed by atoms with Crippen molar-refractivity contribution >= 4 is 23.5 Å². The summed E-state index contributed by atoms with van der Waals surface area (Å²) in [5.74, 6) is 0.865. The third kappa shape index (κ3) is 3.35. The monoisotopic (exact) mass is 390 g/mol. The Morgan fingerprint density at radius 1 is 1.41 bits per heavy atom. The summed E-state index contributed by atoms with van der Waals surface area (Å²) in [7, 11) is 3.02. The van der Waals surface area contributed by atoms with E-state index in [9.17, 15) is 4.79 Å². The number of hydrogen-bond donors (Lipinski definition) is 1. The summed E-state index contributed by atoms with van der Waals surface area (Å²) in [6.07, 6.45) is 2.91. The van der Waals surface area contributed by atoms with Crippen molar-refractivity contribution in [2.75, 3.05) is 26.1 Å². The highest BCUT2D eigenvalue weighted by Crippen LogP contribution is 2.42. The van der Waals surface area contributed by atoms with E-state index in [0.717, 1.165) is 0 Å². The van der Waals surface area contributed by atoms with E-state index in [1.807, 2.05) is 0 Å². The number of carbonyl (C=O) groups excluding carboxylic acids is 1. The lowest BCUT2D eigenvalue weighted by molar-refractivity contribution is -0.138. The standard InChI is InChI=1S/C18H19ClN4O4/c1-5-6-27-17(24)14-10(2)22-18-20-9-21-23(18)15(14)11-7-12(19)16(26-4)13(8-11)25-3/h5,7-9,15H,1,6H2,2-4H3,(H,20,21,22). The zero-order valence-corrected chi connectivity index (χ0v) is 15.9. The molecule has 1 unspecified atom stereocenters. The quantitative estimate of drug-likeness (QED) is 0.599. The summed E-state index contributed by atoms with van der Waals surface area (Å²) in [5.41, 5.74) is 1.68. The van der Waals surface area contributed by atoms with E-state index in [-0.39, 0.29) is 6.61 Å². The molecule has 27 heavy (non-hydrogen) atoms. The molecule has 1 N–H and O–H groups in total. The van der Waals surface area contributed by atoms with Crippen LogP contribution in [-0.4, -0.2) is 41.6 Å². The number of allylic oxidation sites excluding steroid dienone is 1. The Morgan fingerprint density at radius 3 is 2.85 bits per heavy atom. The van der Waals surface area contributed by atoms with Crippen LogP contribution in [0.4, 0.5) is 5.95 Å². The van der Waals surface area contributed by atoms with E-state index < -0.39 is 12.0 Å². The molecule has 1 atom stereocenters. The molecule has 1 aromatic carbocycles. The van der Waals surface area contributed by atoms with Gasteiger partial charge >= 0.3 is 5.97 Å². The Bertz CT molecular complexity index is 922. The second-order valence-electron chi connectivity index (χ2n) is 5.72. The van der Waals surface area contributed by atoms with Crippen LogP contribution in [0.25, 0.3) is 0 Å². The maximum atomic E-state index is 12.7. The molecule has 2 heterocycles.